The molecule has 0 radical (unpaired) electrons. The molecule has 0 amide bonds. The minimum absolute atomic E-state index is 0.00298. The van der Waals surface area contributed by atoms with E-state index in [2.05, 4.69) is 49.8 Å². The van der Waals surface area contributed by atoms with Crippen LogP contribution >= 0.6 is 0 Å². The summed E-state index contributed by atoms with van der Waals surface area (Å²) in [4.78, 5) is 54.4. The molecule has 24 nitrogen and oxygen atoms in total. The van der Waals surface area contributed by atoms with Gasteiger partial charge in [-0.1, -0.05) is 97.1 Å². The van der Waals surface area contributed by atoms with Gasteiger partial charge < -0.3 is 9.97 Å². The highest BCUT2D eigenvalue weighted by Crippen LogP contribution is 2.41. The maximum absolute atomic E-state index is 15.2. The monoisotopic (exact) mass is 1660 g/mol. The lowest BCUT2D eigenvalue weighted by Crippen LogP contribution is -2.31. The van der Waals surface area contributed by atoms with Gasteiger partial charge in [0.2, 0.25) is 40.1 Å². The standard InChI is InChI=1S/C92H74N16O8S4/c109-117(110,105(57-69-17-1-9-49-93-69)58-70-18-2-10-50-94-70)77-33-25-65(26-34-77)89-81-41-43-83(101-81)90(66-27-35-78(36-28-66)118(111,112)106(59-71-19-3-11-51-95-71)60-72-20-4-12-52-96-72)85-45-47-87(103-85)92(68-31-39-80(40-32-68)120(115,116)108(63-75-23-7-15-55-99-75)64-76-24-8-16-56-100-76)88-48-46-86(104-88)91(84-44-42-82(89)102-84)67-29-37-79(38-30-67)119(113,114)107(61-73-21-5-13-53-97-73)62-74-22-6-14-54-98-74/h1-56,101,104H,57-64H2. The van der Waals surface area contributed by atoms with Crippen molar-refractivity contribution in [1.82, 2.24) is 77.0 Å². The van der Waals surface area contributed by atoms with Crippen LogP contribution in [-0.4, -0.2) is 111 Å². The van der Waals surface area contributed by atoms with Crippen LogP contribution in [0.1, 0.15) is 68.3 Å². The van der Waals surface area contributed by atoms with Crippen LogP contribution in [-0.2, 0) is 92.5 Å². The molecule has 0 atom stereocenters. The fourth-order valence-electron chi connectivity index (χ4n) is 14.5. The van der Waals surface area contributed by atoms with Gasteiger partial charge in [0.25, 0.3) is 0 Å². The summed E-state index contributed by atoms with van der Waals surface area (Å²) in [6.45, 7) is -0.378. The van der Waals surface area contributed by atoms with E-state index >= 15 is 33.7 Å². The van der Waals surface area contributed by atoms with Crippen LogP contribution < -0.4 is 0 Å². The Labute approximate surface area is 693 Å². The molecule has 0 aliphatic carbocycles. The Bertz CT molecular complexity index is 5950. The highest BCUT2D eigenvalue weighted by Gasteiger charge is 2.32. The number of H-pyrrole nitrogens is 2. The van der Waals surface area contributed by atoms with Crippen molar-refractivity contribution in [2.24, 2.45) is 0 Å². The molecule has 2 aliphatic heterocycles. The van der Waals surface area contributed by atoms with E-state index in [0.29, 0.717) is 135 Å². The number of rotatable bonds is 28. The summed E-state index contributed by atoms with van der Waals surface area (Å²) in [6.07, 6.45) is 20.4. The molecule has 0 saturated heterocycles. The van der Waals surface area contributed by atoms with Gasteiger partial charge in [-0.05, 0) is 216 Å². The molecule has 0 saturated carbocycles. The molecule has 11 aromatic heterocycles. The molecule has 0 spiro atoms. The molecule has 2 N–H and O–H groups in total. The number of aromatic amines is 2. The van der Waals surface area contributed by atoms with Gasteiger partial charge in [-0.3, -0.25) is 39.9 Å². The van der Waals surface area contributed by atoms with Crippen LogP contribution in [0, 0.1) is 0 Å². The second kappa shape index (κ2) is 34.5. The zero-order valence-corrected chi connectivity index (χ0v) is 67.4. The van der Waals surface area contributed by atoms with Crippen molar-refractivity contribution in [2.75, 3.05) is 0 Å². The van der Waals surface area contributed by atoms with Crippen LogP contribution in [0.5, 0.6) is 0 Å². The molecule has 0 unspecified atom stereocenters. The highest BCUT2D eigenvalue weighted by molar-refractivity contribution is 7.90. The van der Waals surface area contributed by atoms with E-state index in [1.807, 2.05) is 48.6 Å². The lowest BCUT2D eigenvalue weighted by atomic mass is 10.0. The summed E-state index contributed by atoms with van der Waals surface area (Å²) >= 11 is 0. The SMILES string of the molecule is O=S(=O)(c1ccc(-c2c3nc(c(-c4ccc(S(=O)(=O)N(Cc5ccccn5)Cc5ccccn5)cc4)c4ccc([nH]4)c(-c4ccc(S(=O)(=O)N(Cc5ccccn5)Cc5ccccn5)cc4)c4nc(c(-c5ccc(S(=O)(=O)N(Cc6ccccn6)Cc6ccccn6)cc5)c5ccc2[nH]5)C=C4)C=C3)cc1)N(Cc1ccccn1)Cc1ccccn1. The van der Waals surface area contributed by atoms with E-state index < -0.39 is 40.1 Å². The normalized spacial score (nSPS) is 12.4. The summed E-state index contributed by atoms with van der Waals surface area (Å²) < 4.78 is 127. The Hall–Kier alpha value is -13.7. The number of aromatic nitrogens is 12. The van der Waals surface area contributed by atoms with E-state index in [4.69, 9.17) is 9.97 Å². The molecule has 15 aromatic rings. The first-order valence-electron chi connectivity index (χ1n) is 38.2. The van der Waals surface area contributed by atoms with Gasteiger partial charge in [0.15, 0.2) is 0 Å². The van der Waals surface area contributed by atoms with Crippen molar-refractivity contribution in [3.63, 3.8) is 0 Å². The third-order valence-electron chi connectivity index (χ3n) is 20.4. The highest BCUT2D eigenvalue weighted by atomic mass is 32.2. The van der Waals surface area contributed by atoms with Gasteiger partial charge in [-0.15, -0.1) is 0 Å². The second-order valence-corrected chi connectivity index (χ2v) is 36.0. The van der Waals surface area contributed by atoms with Crippen LogP contribution in [0.3, 0.4) is 0 Å². The predicted molar refractivity (Wildman–Crippen MR) is 460 cm³/mol. The van der Waals surface area contributed by atoms with Crippen LogP contribution in [0.15, 0.2) is 336 Å². The van der Waals surface area contributed by atoms with E-state index in [-0.39, 0.29) is 71.9 Å². The van der Waals surface area contributed by atoms with Crippen molar-refractivity contribution in [3.8, 4) is 44.5 Å². The van der Waals surface area contributed by atoms with Gasteiger partial charge >= 0.3 is 0 Å². The van der Waals surface area contributed by atoms with Gasteiger partial charge in [0.1, 0.15) is 0 Å². The fraction of sp³-hybridized carbons (Fsp3) is 0.0870. The first-order valence-corrected chi connectivity index (χ1v) is 44.0. The smallest absolute Gasteiger partial charge is 0.243 e. The average molecular weight is 1660 g/mol. The fourth-order valence-corrected chi connectivity index (χ4v) is 20.0. The minimum Gasteiger partial charge on any atom is -0.354 e. The third-order valence-corrected chi connectivity index (χ3v) is 27.6. The summed E-state index contributed by atoms with van der Waals surface area (Å²) in [5.41, 5.74) is 12.6. The Morgan fingerprint density at radius 1 is 0.208 bits per heavy atom. The molecule has 2 aliphatic rings. The molecule has 28 heteroatoms. The number of nitrogens with zero attached hydrogens (tertiary/aromatic N) is 14. The van der Waals surface area contributed by atoms with Crippen LogP contribution in [0.2, 0.25) is 0 Å². The summed E-state index contributed by atoms with van der Waals surface area (Å²) in [5.74, 6) is 0. The minimum atomic E-state index is -4.26. The topological polar surface area (TPSA) is 310 Å². The van der Waals surface area contributed by atoms with E-state index in [1.54, 1.807) is 292 Å². The Morgan fingerprint density at radius 2 is 0.375 bits per heavy atom. The second-order valence-electron chi connectivity index (χ2n) is 28.3. The third kappa shape index (κ3) is 17.2. The maximum Gasteiger partial charge on any atom is 0.243 e. The first kappa shape index (κ1) is 78.8. The number of benzene rings is 4. The van der Waals surface area contributed by atoms with Crippen molar-refractivity contribution < 1.29 is 33.7 Å². The molecule has 8 bridgehead atoms. The van der Waals surface area contributed by atoms with E-state index in [1.165, 1.54) is 17.2 Å². The van der Waals surface area contributed by atoms with Gasteiger partial charge in [-0.2, -0.15) is 17.2 Å². The number of sulfonamides is 4. The van der Waals surface area contributed by atoms with Crippen molar-refractivity contribution in [2.45, 2.75) is 71.9 Å². The summed E-state index contributed by atoms with van der Waals surface area (Å²) in [6, 6.07) is 76.7. The quantitative estimate of drug-likeness (QED) is 0.0460. The molecule has 594 valence electrons. The molecular formula is C92H74N16O8S4. The zero-order chi connectivity index (χ0) is 82.2. The average Bonchev–Trinajstić information content (AvgIpc) is 1.48. The van der Waals surface area contributed by atoms with Gasteiger partial charge in [0, 0.05) is 93.9 Å². The van der Waals surface area contributed by atoms with Crippen molar-refractivity contribution in [1.29, 1.82) is 0 Å². The number of nitrogens with one attached hydrogen (secondary N) is 2. The molecule has 4 aromatic carbocycles. The largest absolute Gasteiger partial charge is 0.354 e. The van der Waals surface area contributed by atoms with Gasteiger partial charge in [0.05, 0.1) is 140 Å². The van der Waals surface area contributed by atoms with E-state index in [0.717, 1.165) is 0 Å². The number of hydrogen-bond donors (Lipinski definition) is 2. The lowest BCUT2D eigenvalue weighted by Gasteiger charge is -2.22. The van der Waals surface area contributed by atoms with Crippen LogP contribution in [0.4, 0.5) is 0 Å². The number of pyridine rings is 8. The van der Waals surface area contributed by atoms with Crippen molar-refractivity contribution in [3.05, 3.63) is 385 Å². The summed E-state index contributed by atoms with van der Waals surface area (Å²) in [5, 5.41) is 0. The molecule has 0 fully saturated rings. The lowest BCUT2D eigenvalue weighted by molar-refractivity contribution is 0.392. The van der Waals surface area contributed by atoms with Gasteiger partial charge in [-0.25, -0.2) is 43.6 Å². The Kier molecular flexibility index (Phi) is 22.6. The van der Waals surface area contributed by atoms with E-state index in [9.17, 15) is 0 Å². The Morgan fingerprint density at radius 3 is 0.525 bits per heavy atom. The van der Waals surface area contributed by atoms with Crippen molar-refractivity contribution >= 4 is 86.5 Å². The number of hydrogen-bond acceptors (Lipinski definition) is 18. The Balaban J connectivity index is 0.862. The molecular weight excluding hydrogens is 1590 g/mol. The first-order chi connectivity index (χ1) is 58.4. The van der Waals surface area contributed by atoms with Crippen LogP contribution in [0.25, 0.3) is 90.9 Å². The molecule has 13 heterocycles. The molecule has 120 heavy (non-hydrogen) atoms. The molecule has 17 rings (SSSR count). The summed E-state index contributed by atoms with van der Waals surface area (Å²) in [7, 11) is -17.0. The zero-order valence-electron chi connectivity index (χ0n) is 64.1. The predicted octanol–water partition coefficient (Wildman–Crippen LogP) is 16.0. The number of fused-ring (bicyclic) bond motifs is 8. The maximum atomic E-state index is 15.2.